The summed E-state index contributed by atoms with van der Waals surface area (Å²) in [6.07, 6.45) is 3.08. The summed E-state index contributed by atoms with van der Waals surface area (Å²) < 4.78 is 0. The Morgan fingerprint density at radius 3 is 2.36 bits per heavy atom. The summed E-state index contributed by atoms with van der Waals surface area (Å²) in [5.74, 6) is 0.189. The van der Waals surface area contributed by atoms with Crippen molar-refractivity contribution in [2.75, 3.05) is 6.54 Å². The first-order chi connectivity index (χ1) is 13.6. The molecule has 3 rings (SSSR count). The quantitative estimate of drug-likeness (QED) is 0.764. The fourth-order valence-electron chi connectivity index (χ4n) is 3.87. The lowest BCUT2D eigenvalue weighted by Gasteiger charge is -2.33. The topological polar surface area (TPSA) is 49.4 Å². The zero-order valence-electron chi connectivity index (χ0n) is 16.9. The van der Waals surface area contributed by atoms with Crippen LogP contribution in [0.25, 0.3) is 0 Å². The van der Waals surface area contributed by atoms with Gasteiger partial charge in [-0.3, -0.25) is 14.9 Å². The molecular weight excluding hydrogens is 348 g/mol. The number of aryl methyl sites for hydroxylation is 1. The Hall–Kier alpha value is -2.46. The highest BCUT2D eigenvalue weighted by molar-refractivity contribution is 5.85. The maximum absolute atomic E-state index is 13.1. The lowest BCUT2D eigenvalue weighted by Crippen LogP contribution is -2.52. The SMILES string of the molecule is CC[C@H](N[C@@H](CCc1ccccc1)C(C)=O)C(=O)N1CCc2ccccc2C1. The van der Waals surface area contributed by atoms with Crippen molar-refractivity contribution < 1.29 is 9.59 Å². The molecule has 2 aromatic carbocycles. The van der Waals surface area contributed by atoms with E-state index in [4.69, 9.17) is 0 Å². The third kappa shape index (κ3) is 5.08. The molecule has 1 amide bonds. The van der Waals surface area contributed by atoms with Gasteiger partial charge in [-0.25, -0.2) is 0 Å². The first kappa shape index (κ1) is 20.3. The van der Waals surface area contributed by atoms with Crippen molar-refractivity contribution in [3.63, 3.8) is 0 Å². The molecule has 0 aromatic heterocycles. The van der Waals surface area contributed by atoms with Crippen molar-refractivity contribution in [3.8, 4) is 0 Å². The van der Waals surface area contributed by atoms with E-state index < -0.39 is 0 Å². The summed E-state index contributed by atoms with van der Waals surface area (Å²) in [6, 6.07) is 17.9. The molecule has 0 fully saturated rings. The minimum absolute atomic E-state index is 0.0890. The van der Waals surface area contributed by atoms with Crippen LogP contribution in [0.4, 0.5) is 0 Å². The number of rotatable bonds is 8. The summed E-state index contributed by atoms with van der Waals surface area (Å²) in [7, 11) is 0. The minimum atomic E-state index is -0.324. The molecule has 0 bridgehead atoms. The van der Waals surface area contributed by atoms with E-state index in [2.05, 4.69) is 35.6 Å². The Morgan fingerprint density at radius 2 is 1.68 bits per heavy atom. The molecule has 0 unspecified atom stereocenters. The number of benzene rings is 2. The van der Waals surface area contributed by atoms with Crippen LogP contribution in [0.3, 0.4) is 0 Å². The molecule has 0 aliphatic carbocycles. The number of carbonyl (C=O) groups is 2. The van der Waals surface area contributed by atoms with Gasteiger partial charge < -0.3 is 4.90 Å². The Labute approximate surface area is 167 Å². The van der Waals surface area contributed by atoms with E-state index in [9.17, 15) is 9.59 Å². The van der Waals surface area contributed by atoms with E-state index in [1.54, 1.807) is 6.92 Å². The number of hydrogen-bond donors (Lipinski definition) is 1. The number of ketones is 1. The highest BCUT2D eigenvalue weighted by Gasteiger charge is 2.28. The molecule has 1 N–H and O–H groups in total. The van der Waals surface area contributed by atoms with Crippen LogP contribution in [0.2, 0.25) is 0 Å². The van der Waals surface area contributed by atoms with Crippen LogP contribution < -0.4 is 5.32 Å². The Morgan fingerprint density at radius 1 is 1.00 bits per heavy atom. The fourth-order valence-corrected chi connectivity index (χ4v) is 3.87. The molecule has 0 spiro atoms. The second kappa shape index (κ2) is 9.65. The Bertz CT molecular complexity index is 803. The number of nitrogens with one attached hydrogen (secondary N) is 1. The van der Waals surface area contributed by atoms with Crippen molar-refractivity contribution in [3.05, 3.63) is 71.3 Å². The highest BCUT2D eigenvalue weighted by Crippen LogP contribution is 2.20. The van der Waals surface area contributed by atoms with Gasteiger partial charge in [-0.15, -0.1) is 0 Å². The van der Waals surface area contributed by atoms with E-state index in [-0.39, 0.29) is 23.8 Å². The van der Waals surface area contributed by atoms with Crippen molar-refractivity contribution in [1.29, 1.82) is 0 Å². The zero-order chi connectivity index (χ0) is 19.9. The molecule has 4 heteroatoms. The summed E-state index contributed by atoms with van der Waals surface area (Å²) in [5, 5.41) is 3.35. The number of hydrogen-bond acceptors (Lipinski definition) is 3. The first-order valence-corrected chi connectivity index (χ1v) is 10.2. The van der Waals surface area contributed by atoms with Crippen LogP contribution in [-0.4, -0.2) is 35.2 Å². The van der Waals surface area contributed by atoms with E-state index in [0.717, 1.165) is 19.4 Å². The molecule has 1 heterocycles. The lowest BCUT2D eigenvalue weighted by molar-refractivity contribution is -0.135. The van der Waals surface area contributed by atoms with E-state index in [1.807, 2.05) is 36.1 Å². The molecule has 0 saturated heterocycles. The zero-order valence-corrected chi connectivity index (χ0v) is 16.9. The molecule has 1 aliphatic heterocycles. The maximum Gasteiger partial charge on any atom is 0.240 e. The Balaban J connectivity index is 1.62. The molecule has 2 aromatic rings. The summed E-state index contributed by atoms with van der Waals surface area (Å²) in [6.45, 7) is 5.00. The van der Waals surface area contributed by atoms with E-state index in [1.165, 1.54) is 16.7 Å². The van der Waals surface area contributed by atoms with Gasteiger partial charge >= 0.3 is 0 Å². The predicted molar refractivity (Wildman–Crippen MR) is 112 cm³/mol. The molecule has 0 radical (unpaired) electrons. The van der Waals surface area contributed by atoms with Crippen LogP contribution in [0.5, 0.6) is 0 Å². The van der Waals surface area contributed by atoms with Crippen LogP contribution in [-0.2, 0) is 29.0 Å². The molecule has 0 saturated carbocycles. The standard InChI is InChI=1S/C24H30N2O2/c1-3-22(24(28)26-16-15-20-11-7-8-12-21(20)17-26)25-23(18(2)27)14-13-19-9-5-4-6-10-19/h4-12,22-23,25H,3,13-17H2,1-2H3/t22-,23-/m0/s1. The lowest BCUT2D eigenvalue weighted by atomic mass is 9.98. The smallest absolute Gasteiger partial charge is 0.240 e. The third-order valence-corrected chi connectivity index (χ3v) is 5.61. The summed E-state index contributed by atoms with van der Waals surface area (Å²) in [4.78, 5) is 27.2. The third-order valence-electron chi connectivity index (χ3n) is 5.61. The van der Waals surface area contributed by atoms with Gasteiger partial charge in [0.1, 0.15) is 5.78 Å². The molecular formula is C24H30N2O2. The second-order valence-electron chi connectivity index (χ2n) is 7.59. The van der Waals surface area contributed by atoms with Crippen LogP contribution in [0.1, 0.15) is 43.4 Å². The summed E-state index contributed by atoms with van der Waals surface area (Å²) >= 11 is 0. The number of amides is 1. The van der Waals surface area contributed by atoms with Gasteiger partial charge in [-0.1, -0.05) is 61.5 Å². The molecule has 148 valence electrons. The maximum atomic E-state index is 13.1. The van der Waals surface area contributed by atoms with Gasteiger partial charge in [0.15, 0.2) is 0 Å². The normalized spacial score (nSPS) is 15.6. The second-order valence-corrected chi connectivity index (χ2v) is 7.59. The van der Waals surface area contributed by atoms with Crippen molar-refractivity contribution in [2.24, 2.45) is 0 Å². The number of carbonyl (C=O) groups excluding carboxylic acids is 2. The van der Waals surface area contributed by atoms with Crippen molar-refractivity contribution in [2.45, 2.75) is 58.2 Å². The monoisotopic (exact) mass is 378 g/mol. The molecule has 2 atom stereocenters. The average Bonchev–Trinajstić information content (AvgIpc) is 2.73. The molecule has 1 aliphatic rings. The van der Waals surface area contributed by atoms with E-state index >= 15 is 0 Å². The van der Waals surface area contributed by atoms with Crippen LogP contribution in [0.15, 0.2) is 54.6 Å². The molecule has 4 nitrogen and oxygen atoms in total. The van der Waals surface area contributed by atoms with Crippen LogP contribution in [0, 0.1) is 0 Å². The number of Topliss-reactive ketones (excluding diaryl/α,β-unsaturated/α-hetero) is 1. The number of nitrogens with zero attached hydrogens (tertiary/aromatic N) is 1. The minimum Gasteiger partial charge on any atom is -0.337 e. The van der Waals surface area contributed by atoms with Gasteiger partial charge in [0.2, 0.25) is 5.91 Å². The summed E-state index contributed by atoms with van der Waals surface area (Å²) in [5.41, 5.74) is 3.77. The first-order valence-electron chi connectivity index (χ1n) is 10.2. The number of fused-ring (bicyclic) bond motifs is 1. The largest absolute Gasteiger partial charge is 0.337 e. The molecule has 28 heavy (non-hydrogen) atoms. The predicted octanol–water partition coefficient (Wildman–Crippen LogP) is 3.53. The van der Waals surface area contributed by atoms with Gasteiger partial charge in [-0.05, 0) is 49.3 Å². The van der Waals surface area contributed by atoms with Gasteiger partial charge in [0.25, 0.3) is 0 Å². The van der Waals surface area contributed by atoms with Gasteiger partial charge in [-0.2, -0.15) is 0 Å². The highest BCUT2D eigenvalue weighted by atomic mass is 16.2. The average molecular weight is 379 g/mol. The van der Waals surface area contributed by atoms with E-state index in [0.29, 0.717) is 19.4 Å². The Kier molecular flexibility index (Phi) is 6.99. The van der Waals surface area contributed by atoms with Crippen molar-refractivity contribution >= 4 is 11.7 Å². The van der Waals surface area contributed by atoms with Gasteiger partial charge in [0, 0.05) is 13.1 Å². The van der Waals surface area contributed by atoms with Gasteiger partial charge in [0.05, 0.1) is 12.1 Å². The van der Waals surface area contributed by atoms with Crippen molar-refractivity contribution in [1.82, 2.24) is 10.2 Å². The van der Waals surface area contributed by atoms with Crippen LogP contribution >= 0.6 is 0 Å². The fraction of sp³-hybridized carbons (Fsp3) is 0.417.